The first-order chi connectivity index (χ1) is 8.36. The van der Waals surface area contributed by atoms with Crippen LogP contribution in [0.15, 0.2) is 22.6 Å². The minimum Gasteiger partial charge on any atom is -0.441 e. The Morgan fingerprint density at radius 3 is 2.89 bits per heavy atom. The van der Waals surface area contributed by atoms with Crippen molar-refractivity contribution in [3.63, 3.8) is 0 Å². The van der Waals surface area contributed by atoms with E-state index < -0.39 is 11.5 Å². The second-order valence-electron chi connectivity index (χ2n) is 4.78. The first kappa shape index (κ1) is 12.6. The molecule has 0 fully saturated rings. The topological polar surface area (TPSA) is 75.4 Å². The quantitative estimate of drug-likeness (QED) is 0.863. The molecule has 5 heteroatoms. The van der Waals surface area contributed by atoms with E-state index in [-0.39, 0.29) is 0 Å². The van der Waals surface area contributed by atoms with Crippen LogP contribution in [0.5, 0.6) is 0 Å². The number of amides is 1. The number of fused-ring (bicyclic) bond motifs is 1. The zero-order valence-electron chi connectivity index (χ0n) is 10.7. The largest absolute Gasteiger partial charge is 0.441 e. The van der Waals surface area contributed by atoms with E-state index in [2.05, 4.69) is 10.3 Å². The molecule has 0 aliphatic carbocycles. The van der Waals surface area contributed by atoms with Crippen LogP contribution < -0.4 is 5.32 Å². The highest BCUT2D eigenvalue weighted by Crippen LogP contribution is 2.16. The van der Waals surface area contributed by atoms with Crippen LogP contribution in [0.2, 0.25) is 0 Å². The molecular formula is C13H16N2O3. The smallest absolute Gasteiger partial charge is 0.251 e. The van der Waals surface area contributed by atoms with Gasteiger partial charge in [0.25, 0.3) is 5.91 Å². The number of carbonyl (C=O) groups excluding carboxylic acids is 1. The van der Waals surface area contributed by atoms with Gasteiger partial charge < -0.3 is 14.8 Å². The highest BCUT2D eigenvalue weighted by Gasteiger charge is 2.22. The predicted octanol–water partition coefficient (Wildman–Crippen LogP) is 1.52. The van der Waals surface area contributed by atoms with Crippen LogP contribution in [0, 0.1) is 6.92 Å². The van der Waals surface area contributed by atoms with Gasteiger partial charge in [-0.15, -0.1) is 0 Å². The minimum atomic E-state index is -1.37. The zero-order valence-corrected chi connectivity index (χ0v) is 10.7. The number of aromatic nitrogens is 1. The van der Waals surface area contributed by atoms with Crippen LogP contribution in [-0.4, -0.2) is 21.6 Å². The van der Waals surface area contributed by atoms with Crippen LogP contribution in [0.3, 0.4) is 0 Å². The maximum absolute atomic E-state index is 11.5. The van der Waals surface area contributed by atoms with Gasteiger partial charge in [0, 0.05) is 13.5 Å². The Bertz CT molecular complexity index is 581. The third-order valence-corrected chi connectivity index (χ3v) is 2.57. The molecule has 0 atom stereocenters. The summed E-state index contributed by atoms with van der Waals surface area (Å²) in [4.78, 5) is 15.7. The normalized spacial score (nSPS) is 11.8. The predicted molar refractivity (Wildman–Crippen MR) is 66.9 cm³/mol. The number of aliphatic hydroxyl groups is 1. The Morgan fingerprint density at radius 2 is 2.22 bits per heavy atom. The van der Waals surface area contributed by atoms with Gasteiger partial charge in [-0.2, -0.15) is 0 Å². The van der Waals surface area contributed by atoms with Crippen molar-refractivity contribution in [1.29, 1.82) is 0 Å². The molecular weight excluding hydrogens is 232 g/mol. The molecule has 0 radical (unpaired) electrons. The molecule has 0 aliphatic rings. The van der Waals surface area contributed by atoms with Gasteiger partial charge in [-0.25, -0.2) is 4.98 Å². The van der Waals surface area contributed by atoms with Crippen molar-refractivity contribution >= 4 is 17.0 Å². The number of benzene rings is 1. The number of aryl methyl sites for hydroxylation is 1. The lowest BCUT2D eigenvalue weighted by atomic mass is 10.1. The second-order valence-corrected chi connectivity index (χ2v) is 4.78. The van der Waals surface area contributed by atoms with Crippen molar-refractivity contribution < 1.29 is 14.3 Å². The Balaban J connectivity index is 2.10. The monoisotopic (exact) mass is 248 g/mol. The highest BCUT2D eigenvalue weighted by molar-refractivity contribution is 5.84. The van der Waals surface area contributed by atoms with E-state index in [4.69, 9.17) is 4.42 Å². The van der Waals surface area contributed by atoms with Crippen LogP contribution in [0.25, 0.3) is 11.1 Å². The van der Waals surface area contributed by atoms with E-state index in [1.165, 1.54) is 13.8 Å². The molecule has 96 valence electrons. The van der Waals surface area contributed by atoms with E-state index in [1.54, 1.807) is 6.92 Å². The third kappa shape index (κ3) is 2.68. The molecule has 0 unspecified atom stereocenters. The lowest BCUT2D eigenvalue weighted by molar-refractivity contribution is -0.136. The third-order valence-electron chi connectivity index (χ3n) is 2.57. The van der Waals surface area contributed by atoms with Gasteiger partial charge in [-0.05, 0) is 31.5 Å². The first-order valence-corrected chi connectivity index (χ1v) is 5.73. The number of hydrogen-bond acceptors (Lipinski definition) is 4. The van der Waals surface area contributed by atoms with Gasteiger partial charge in [0.15, 0.2) is 11.5 Å². The molecule has 1 amide bonds. The van der Waals surface area contributed by atoms with Crippen LogP contribution in [0.1, 0.15) is 25.3 Å². The number of nitrogens with one attached hydrogen (secondary N) is 1. The summed E-state index contributed by atoms with van der Waals surface area (Å²) in [6, 6.07) is 5.54. The van der Waals surface area contributed by atoms with E-state index in [0.29, 0.717) is 12.4 Å². The summed E-state index contributed by atoms with van der Waals surface area (Å²) in [5, 5.41) is 12.2. The highest BCUT2D eigenvalue weighted by atomic mass is 16.3. The second kappa shape index (κ2) is 4.42. The van der Waals surface area contributed by atoms with Gasteiger partial charge in [0.2, 0.25) is 0 Å². The molecule has 18 heavy (non-hydrogen) atoms. The molecule has 2 rings (SSSR count). The van der Waals surface area contributed by atoms with Gasteiger partial charge in [-0.3, -0.25) is 4.79 Å². The summed E-state index contributed by atoms with van der Waals surface area (Å²) >= 11 is 0. The standard InChI is InChI=1S/C13H16N2O3/c1-8-15-10-6-9(4-5-11(10)18-8)7-14-12(16)13(2,3)17/h4-6,17H,7H2,1-3H3,(H,14,16). The molecule has 0 saturated carbocycles. The molecule has 1 aromatic carbocycles. The van der Waals surface area contributed by atoms with Crippen LogP contribution in [0.4, 0.5) is 0 Å². The van der Waals surface area contributed by atoms with Crippen molar-refractivity contribution in [3.05, 3.63) is 29.7 Å². The summed E-state index contributed by atoms with van der Waals surface area (Å²) in [6.07, 6.45) is 0. The molecule has 1 heterocycles. The Labute approximate surface area is 105 Å². The first-order valence-electron chi connectivity index (χ1n) is 5.73. The SMILES string of the molecule is Cc1nc2cc(CNC(=O)C(C)(C)O)ccc2o1. The molecule has 0 aliphatic heterocycles. The summed E-state index contributed by atoms with van der Waals surface area (Å²) in [7, 11) is 0. The lowest BCUT2D eigenvalue weighted by Crippen LogP contribution is -2.41. The van der Waals surface area contributed by atoms with Crippen molar-refractivity contribution in [2.75, 3.05) is 0 Å². The molecule has 2 N–H and O–H groups in total. The molecule has 2 aromatic rings. The number of nitrogens with zero attached hydrogens (tertiary/aromatic N) is 1. The van der Waals surface area contributed by atoms with Gasteiger partial charge in [-0.1, -0.05) is 6.07 Å². The zero-order chi connectivity index (χ0) is 13.3. The number of carbonyl (C=O) groups is 1. The average Bonchev–Trinajstić information content (AvgIpc) is 2.63. The van der Waals surface area contributed by atoms with E-state index in [9.17, 15) is 9.90 Å². The van der Waals surface area contributed by atoms with Crippen LogP contribution in [-0.2, 0) is 11.3 Å². The fourth-order valence-corrected chi connectivity index (χ4v) is 1.60. The fourth-order valence-electron chi connectivity index (χ4n) is 1.60. The van der Waals surface area contributed by atoms with E-state index in [0.717, 1.165) is 16.7 Å². The molecule has 0 spiro atoms. The van der Waals surface area contributed by atoms with Crippen molar-refractivity contribution in [2.24, 2.45) is 0 Å². The molecule has 0 bridgehead atoms. The number of oxazole rings is 1. The minimum absolute atomic E-state index is 0.352. The maximum Gasteiger partial charge on any atom is 0.251 e. The maximum atomic E-state index is 11.5. The fraction of sp³-hybridized carbons (Fsp3) is 0.385. The number of hydrogen-bond donors (Lipinski definition) is 2. The van der Waals surface area contributed by atoms with Gasteiger partial charge in [0.1, 0.15) is 11.1 Å². The summed E-state index contributed by atoms with van der Waals surface area (Å²) in [5.74, 6) is 0.210. The molecule has 1 aromatic heterocycles. The summed E-state index contributed by atoms with van der Waals surface area (Å²) in [6.45, 7) is 5.04. The Hall–Kier alpha value is -1.88. The Kier molecular flexibility index (Phi) is 3.09. The van der Waals surface area contributed by atoms with Gasteiger partial charge in [0.05, 0.1) is 0 Å². The lowest BCUT2D eigenvalue weighted by Gasteiger charge is -2.16. The van der Waals surface area contributed by atoms with Crippen LogP contribution >= 0.6 is 0 Å². The molecule has 5 nitrogen and oxygen atoms in total. The molecule has 0 saturated heterocycles. The Morgan fingerprint density at radius 1 is 1.50 bits per heavy atom. The van der Waals surface area contributed by atoms with Crippen molar-refractivity contribution in [1.82, 2.24) is 10.3 Å². The van der Waals surface area contributed by atoms with Crippen molar-refractivity contribution in [2.45, 2.75) is 32.9 Å². The summed E-state index contributed by atoms with van der Waals surface area (Å²) < 4.78 is 5.36. The van der Waals surface area contributed by atoms with E-state index in [1.807, 2.05) is 18.2 Å². The van der Waals surface area contributed by atoms with Gasteiger partial charge >= 0.3 is 0 Å². The summed E-state index contributed by atoms with van der Waals surface area (Å²) in [5.41, 5.74) is 1.04. The number of rotatable bonds is 3. The average molecular weight is 248 g/mol. The van der Waals surface area contributed by atoms with E-state index >= 15 is 0 Å². The van der Waals surface area contributed by atoms with Crippen molar-refractivity contribution in [3.8, 4) is 0 Å².